The first-order chi connectivity index (χ1) is 18.6. The zero-order valence-electron chi connectivity index (χ0n) is 21.3. The van der Waals surface area contributed by atoms with Gasteiger partial charge in [-0.05, 0) is 55.0 Å². The lowest BCUT2D eigenvalue weighted by atomic mass is 10.0. The van der Waals surface area contributed by atoms with Crippen LogP contribution >= 0.6 is 0 Å². The van der Waals surface area contributed by atoms with Crippen LogP contribution in [0.5, 0.6) is 11.6 Å². The number of fused-ring (bicyclic) bond motifs is 1. The predicted octanol–water partition coefficient (Wildman–Crippen LogP) is 4.99. The molecule has 39 heavy (non-hydrogen) atoms. The Kier molecular flexibility index (Phi) is 7.00. The molecule has 0 bridgehead atoms. The molecule has 0 radical (unpaired) electrons. The van der Waals surface area contributed by atoms with Gasteiger partial charge >= 0.3 is 6.18 Å². The van der Waals surface area contributed by atoms with Crippen LogP contribution in [0.25, 0.3) is 10.9 Å². The smallest absolute Gasteiger partial charge is 0.416 e. The first-order valence-electron chi connectivity index (χ1n) is 12.3. The summed E-state index contributed by atoms with van der Waals surface area (Å²) >= 11 is 0. The van der Waals surface area contributed by atoms with Crippen LogP contribution in [-0.2, 0) is 13.2 Å². The summed E-state index contributed by atoms with van der Waals surface area (Å²) in [6, 6.07) is 13.5. The molecule has 0 aliphatic carbocycles. The van der Waals surface area contributed by atoms with Crippen molar-refractivity contribution < 1.29 is 27.5 Å². The number of nitrogens with one attached hydrogen (secondary N) is 2. The number of halogens is 3. The van der Waals surface area contributed by atoms with Crippen LogP contribution in [-0.4, -0.2) is 52.4 Å². The summed E-state index contributed by atoms with van der Waals surface area (Å²) in [6.45, 7) is 4.34. The van der Waals surface area contributed by atoms with Crippen molar-refractivity contribution in [1.82, 2.24) is 19.8 Å². The fourth-order valence-corrected chi connectivity index (χ4v) is 4.54. The fourth-order valence-electron chi connectivity index (χ4n) is 4.54. The van der Waals surface area contributed by atoms with Crippen LogP contribution in [0.4, 0.5) is 18.9 Å². The van der Waals surface area contributed by atoms with Crippen molar-refractivity contribution in [2.75, 3.05) is 31.5 Å². The van der Waals surface area contributed by atoms with Crippen molar-refractivity contribution in [2.45, 2.75) is 13.1 Å². The van der Waals surface area contributed by atoms with Crippen molar-refractivity contribution >= 4 is 28.4 Å². The summed E-state index contributed by atoms with van der Waals surface area (Å²) in [6.07, 6.45) is -3.08. The molecule has 1 saturated heterocycles. The maximum Gasteiger partial charge on any atom is 0.416 e. The Morgan fingerprint density at radius 1 is 1.03 bits per heavy atom. The van der Waals surface area contributed by atoms with Crippen LogP contribution in [0.3, 0.4) is 0 Å². The molecule has 0 spiro atoms. The number of carbonyl (C=O) groups excluding carboxylic acids is 2. The summed E-state index contributed by atoms with van der Waals surface area (Å²) in [7, 11) is 1.84. The third kappa shape index (κ3) is 5.58. The van der Waals surface area contributed by atoms with Crippen molar-refractivity contribution in [2.24, 2.45) is 7.05 Å². The van der Waals surface area contributed by atoms with E-state index in [2.05, 4.69) is 15.6 Å². The van der Waals surface area contributed by atoms with Gasteiger partial charge in [-0.15, -0.1) is 0 Å². The first-order valence-corrected chi connectivity index (χ1v) is 12.3. The van der Waals surface area contributed by atoms with Gasteiger partial charge in [0.15, 0.2) is 0 Å². The minimum atomic E-state index is -4.48. The lowest BCUT2D eigenvalue weighted by Crippen LogP contribution is -2.46. The highest BCUT2D eigenvalue weighted by atomic mass is 19.4. The lowest BCUT2D eigenvalue weighted by Gasteiger charge is -2.27. The van der Waals surface area contributed by atoms with E-state index >= 15 is 0 Å². The number of aromatic nitrogens is 2. The van der Waals surface area contributed by atoms with Crippen LogP contribution < -0.4 is 15.4 Å². The summed E-state index contributed by atoms with van der Waals surface area (Å²) < 4.78 is 46.4. The number of hydrogen-bond donors (Lipinski definition) is 2. The molecule has 4 aromatic rings. The molecule has 1 fully saturated rings. The second kappa shape index (κ2) is 10.4. The molecule has 8 nitrogen and oxygen atoms in total. The lowest BCUT2D eigenvalue weighted by molar-refractivity contribution is -0.137. The Morgan fingerprint density at radius 3 is 2.46 bits per heavy atom. The van der Waals surface area contributed by atoms with Gasteiger partial charge in [0, 0.05) is 56.3 Å². The number of alkyl halides is 3. The number of rotatable bonds is 5. The van der Waals surface area contributed by atoms with Crippen LogP contribution in [0.2, 0.25) is 0 Å². The number of carbonyl (C=O) groups is 2. The number of amides is 2. The van der Waals surface area contributed by atoms with Gasteiger partial charge in [-0.25, -0.2) is 4.98 Å². The Bertz CT molecular complexity index is 1540. The second-order valence-corrected chi connectivity index (χ2v) is 9.32. The summed E-state index contributed by atoms with van der Waals surface area (Å²) in [5.41, 5.74) is 1.33. The molecule has 1 aliphatic rings. The minimum Gasteiger partial charge on any atom is -0.439 e. The molecule has 2 aromatic heterocycles. The molecule has 0 atom stereocenters. The highest BCUT2D eigenvalue weighted by Gasteiger charge is 2.31. The number of hydrogen-bond acceptors (Lipinski definition) is 5. The van der Waals surface area contributed by atoms with E-state index in [1.807, 2.05) is 34.7 Å². The fraction of sp³-hybridized carbons (Fsp3) is 0.250. The van der Waals surface area contributed by atoms with Gasteiger partial charge in [0.25, 0.3) is 11.8 Å². The van der Waals surface area contributed by atoms with Gasteiger partial charge in [0.2, 0.25) is 5.88 Å². The van der Waals surface area contributed by atoms with E-state index in [1.54, 1.807) is 18.2 Å². The van der Waals surface area contributed by atoms with E-state index in [9.17, 15) is 22.8 Å². The number of benzene rings is 2. The Balaban J connectivity index is 1.27. The van der Waals surface area contributed by atoms with Gasteiger partial charge in [-0.2, -0.15) is 13.2 Å². The van der Waals surface area contributed by atoms with Gasteiger partial charge in [0.1, 0.15) is 11.4 Å². The van der Waals surface area contributed by atoms with Crippen LogP contribution in [0.15, 0.2) is 60.8 Å². The van der Waals surface area contributed by atoms with Gasteiger partial charge in [-0.1, -0.05) is 0 Å². The monoisotopic (exact) mass is 537 g/mol. The average molecular weight is 538 g/mol. The maximum atomic E-state index is 13.0. The molecule has 0 unspecified atom stereocenters. The summed E-state index contributed by atoms with van der Waals surface area (Å²) in [5.74, 6) is 0.249. The standard InChI is InChI=1S/C28H26F3N5O3/c1-17-13-19(28(29,30)31)4-7-22(17)26(37)34-20-5-8-25(33-16-20)39-21-6-3-18-14-24(35(2)23(18)15-21)27(38)36-11-9-32-10-12-36/h3-8,13-16,32H,9-12H2,1-2H3,(H,34,37). The molecule has 11 heteroatoms. The molecule has 0 saturated carbocycles. The maximum absolute atomic E-state index is 13.0. The third-order valence-corrected chi connectivity index (χ3v) is 6.66. The third-order valence-electron chi connectivity index (χ3n) is 6.66. The van der Waals surface area contributed by atoms with Crippen molar-refractivity contribution in [1.29, 1.82) is 0 Å². The highest BCUT2D eigenvalue weighted by molar-refractivity contribution is 6.05. The SMILES string of the molecule is Cc1cc(C(F)(F)F)ccc1C(=O)Nc1ccc(Oc2ccc3cc(C(=O)N4CCNCC4)n(C)c3c2)nc1. The Labute approximate surface area is 222 Å². The van der Waals surface area contributed by atoms with Crippen LogP contribution in [0.1, 0.15) is 32.0 Å². The minimum absolute atomic E-state index is 0.0107. The van der Waals surface area contributed by atoms with E-state index < -0.39 is 17.6 Å². The normalized spacial score (nSPS) is 13.9. The molecule has 2 amide bonds. The van der Waals surface area contributed by atoms with E-state index in [1.165, 1.54) is 13.1 Å². The zero-order chi connectivity index (χ0) is 27.7. The van der Waals surface area contributed by atoms with Gasteiger partial charge in [0.05, 0.1) is 23.0 Å². The first kappa shape index (κ1) is 26.2. The van der Waals surface area contributed by atoms with E-state index in [0.717, 1.165) is 42.2 Å². The van der Waals surface area contributed by atoms with E-state index in [0.29, 0.717) is 30.2 Å². The average Bonchev–Trinajstić information content (AvgIpc) is 3.25. The highest BCUT2D eigenvalue weighted by Crippen LogP contribution is 2.31. The number of pyridine rings is 1. The number of aryl methyl sites for hydroxylation is 2. The number of ether oxygens (including phenoxy) is 1. The number of nitrogens with zero attached hydrogens (tertiary/aromatic N) is 3. The molecule has 1 aliphatic heterocycles. The molecular formula is C28H26F3N5O3. The summed E-state index contributed by atoms with van der Waals surface area (Å²) in [4.78, 5) is 31.7. The van der Waals surface area contributed by atoms with Gasteiger partial charge < -0.3 is 24.8 Å². The van der Waals surface area contributed by atoms with E-state index in [4.69, 9.17) is 4.74 Å². The number of anilines is 1. The van der Waals surface area contributed by atoms with Crippen molar-refractivity contribution in [3.8, 4) is 11.6 Å². The van der Waals surface area contributed by atoms with E-state index in [-0.39, 0.29) is 22.9 Å². The molecule has 2 N–H and O–H groups in total. The largest absolute Gasteiger partial charge is 0.439 e. The van der Waals surface area contributed by atoms with Crippen LogP contribution in [0, 0.1) is 6.92 Å². The number of piperazine rings is 1. The van der Waals surface area contributed by atoms with Crippen molar-refractivity contribution in [3.63, 3.8) is 0 Å². The molecule has 2 aromatic carbocycles. The second-order valence-electron chi connectivity index (χ2n) is 9.32. The van der Waals surface area contributed by atoms with Gasteiger partial charge in [-0.3, -0.25) is 9.59 Å². The van der Waals surface area contributed by atoms with Crippen molar-refractivity contribution in [3.05, 3.63) is 83.2 Å². The Morgan fingerprint density at radius 2 is 1.79 bits per heavy atom. The topological polar surface area (TPSA) is 88.5 Å². The predicted molar refractivity (Wildman–Crippen MR) is 140 cm³/mol. The summed E-state index contributed by atoms with van der Waals surface area (Å²) in [5, 5.41) is 6.79. The zero-order valence-corrected chi connectivity index (χ0v) is 21.3. The molecule has 5 rings (SSSR count). The molecular weight excluding hydrogens is 511 g/mol. The quantitative estimate of drug-likeness (QED) is 0.375. The molecule has 3 heterocycles. The Hall–Kier alpha value is -4.38. The molecule has 202 valence electrons.